The minimum Gasteiger partial charge on any atom is -0.497 e. The zero-order chi connectivity index (χ0) is 14.5. The highest BCUT2D eigenvalue weighted by atomic mass is 79.9. The first kappa shape index (κ1) is 14.7. The average molecular weight is 335 g/mol. The van der Waals surface area contributed by atoms with E-state index in [1.54, 1.807) is 7.11 Å². The van der Waals surface area contributed by atoms with Gasteiger partial charge in [-0.3, -0.25) is 0 Å². The predicted molar refractivity (Wildman–Crippen MR) is 88.8 cm³/mol. The van der Waals surface area contributed by atoms with Crippen molar-refractivity contribution in [3.05, 3.63) is 52.5 Å². The molecule has 1 N–H and O–H groups in total. The minimum atomic E-state index is 0.779. The van der Waals surface area contributed by atoms with E-state index in [1.807, 2.05) is 32.3 Å². The van der Waals surface area contributed by atoms with Crippen LogP contribution in [0, 0.1) is 0 Å². The molecule has 0 radical (unpaired) electrons. The summed E-state index contributed by atoms with van der Waals surface area (Å²) in [7, 11) is 5.77. The maximum absolute atomic E-state index is 5.16. The number of nitrogens with zero attached hydrogens (tertiary/aromatic N) is 1. The molecule has 0 aliphatic heterocycles. The summed E-state index contributed by atoms with van der Waals surface area (Å²) in [5, 5.41) is 3.48. The lowest BCUT2D eigenvalue weighted by molar-refractivity contribution is 0.414. The molecule has 106 valence electrons. The summed E-state index contributed by atoms with van der Waals surface area (Å²) in [4.78, 5) is 2.10. The van der Waals surface area contributed by atoms with Crippen LogP contribution in [-0.4, -0.2) is 21.2 Å². The number of hydrogen-bond donors (Lipinski definition) is 1. The Bertz CT molecular complexity index is 567. The Morgan fingerprint density at radius 1 is 1.10 bits per heavy atom. The molecule has 0 amide bonds. The third-order valence-corrected chi connectivity index (χ3v) is 3.58. The first-order valence-corrected chi connectivity index (χ1v) is 7.23. The number of hydrogen-bond acceptors (Lipinski definition) is 3. The van der Waals surface area contributed by atoms with Gasteiger partial charge in [0.2, 0.25) is 0 Å². The van der Waals surface area contributed by atoms with E-state index < -0.39 is 0 Å². The summed E-state index contributed by atoms with van der Waals surface area (Å²) < 4.78 is 6.23. The van der Waals surface area contributed by atoms with E-state index >= 15 is 0 Å². The van der Waals surface area contributed by atoms with Gasteiger partial charge in [0.1, 0.15) is 5.75 Å². The molecule has 2 aromatic carbocycles. The molecule has 0 fully saturated rings. The van der Waals surface area contributed by atoms with Gasteiger partial charge in [0.05, 0.1) is 18.5 Å². The summed E-state index contributed by atoms with van der Waals surface area (Å²) in [6.07, 6.45) is 0. The number of rotatable bonds is 5. The fourth-order valence-corrected chi connectivity index (χ4v) is 2.34. The Hall–Kier alpha value is -1.68. The molecular formula is C16H19BrN2O. The maximum atomic E-state index is 5.16. The van der Waals surface area contributed by atoms with Gasteiger partial charge in [-0.2, -0.15) is 0 Å². The zero-order valence-corrected chi connectivity index (χ0v) is 13.6. The Labute approximate surface area is 128 Å². The van der Waals surface area contributed by atoms with Gasteiger partial charge in [-0.15, -0.1) is 0 Å². The van der Waals surface area contributed by atoms with Gasteiger partial charge in [0.25, 0.3) is 0 Å². The molecule has 0 unspecified atom stereocenters. The Morgan fingerprint density at radius 2 is 1.80 bits per heavy atom. The molecule has 0 spiro atoms. The van der Waals surface area contributed by atoms with Crippen molar-refractivity contribution in [2.75, 3.05) is 31.4 Å². The third-order valence-electron chi connectivity index (χ3n) is 3.08. The molecule has 20 heavy (non-hydrogen) atoms. The predicted octanol–water partition coefficient (Wildman–Crippen LogP) is 4.14. The summed E-state index contributed by atoms with van der Waals surface area (Å²) in [5.74, 6) is 0.880. The summed E-state index contributed by atoms with van der Waals surface area (Å²) >= 11 is 3.52. The van der Waals surface area contributed by atoms with E-state index in [9.17, 15) is 0 Å². The number of ether oxygens (including phenoxy) is 1. The van der Waals surface area contributed by atoms with Gasteiger partial charge in [-0.25, -0.2) is 0 Å². The van der Waals surface area contributed by atoms with Crippen molar-refractivity contribution in [1.29, 1.82) is 0 Å². The molecule has 0 aromatic heterocycles. The van der Waals surface area contributed by atoms with Crippen molar-refractivity contribution in [2.24, 2.45) is 0 Å². The monoisotopic (exact) mass is 334 g/mol. The second kappa shape index (κ2) is 6.66. The summed E-state index contributed by atoms with van der Waals surface area (Å²) in [5.41, 5.74) is 3.50. The van der Waals surface area contributed by atoms with E-state index in [-0.39, 0.29) is 0 Å². The van der Waals surface area contributed by atoms with Gasteiger partial charge < -0.3 is 15.0 Å². The van der Waals surface area contributed by atoms with Crippen LogP contribution in [0.2, 0.25) is 0 Å². The van der Waals surface area contributed by atoms with Crippen molar-refractivity contribution in [3.8, 4) is 5.75 Å². The number of methoxy groups -OCH3 is 1. The van der Waals surface area contributed by atoms with Crippen molar-refractivity contribution in [2.45, 2.75) is 6.54 Å². The second-order valence-electron chi connectivity index (χ2n) is 4.76. The Kier molecular flexibility index (Phi) is 4.90. The highest BCUT2D eigenvalue weighted by Gasteiger charge is 2.05. The van der Waals surface area contributed by atoms with Crippen LogP contribution >= 0.6 is 15.9 Å². The topological polar surface area (TPSA) is 24.5 Å². The zero-order valence-electron chi connectivity index (χ0n) is 12.0. The van der Waals surface area contributed by atoms with Gasteiger partial charge in [-0.1, -0.05) is 28.1 Å². The Morgan fingerprint density at radius 3 is 2.40 bits per heavy atom. The molecular weight excluding hydrogens is 316 g/mol. The largest absolute Gasteiger partial charge is 0.497 e. The van der Waals surface area contributed by atoms with Gasteiger partial charge in [-0.05, 0) is 35.9 Å². The van der Waals surface area contributed by atoms with Gasteiger partial charge >= 0.3 is 0 Å². The number of nitrogens with one attached hydrogen (secondary N) is 1. The lowest BCUT2D eigenvalue weighted by atomic mass is 10.2. The third kappa shape index (κ3) is 3.67. The standard InChI is InChI=1S/C16H19BrN2O/c1-19(2)16-9-6-13(17)10-15(16)18-11-12-4-7-14(20-3)8-5-12/h4-10,18H,11H2,1-3H3. The molecule has 0 aliphatic carbocycles. The van der Waals surface area contributed by atoms with E-state index in [2.05, 4.69) is 50.4 Å². The molecule has 2 aromatic rings. The van der Waals surface area contributed by atoms with Crippen LogP contribution in [0.5, 0.6) is 5.75 Å². The van der Waals surface area contributed by atoms with Gasteiger partial charge in [0, 0.05) is 25.1 Å². The maximum Gasteiger partial charge on any atom is 0.118 e. The van der Waals surface area contributed by atoms with Crippen LogP contribution in [0.25, 0.3) is 0 Å². The van der Waals surface area contributed by atoms with Crippen LogP contribution in [0.3, 0.4) is 0 Å². The van der Waals surface area contributed by atoms with Crippen molar-refractivity contribution in [1.82, 2.24) is 0 Å². The van der Waals surface area contributed by atoms with Gasteiger partial charge in [0.15, 0.2) is 0 Å². The van der Waals surface area contributed by atoms with Crippen LogP contribution < -0.4 is 15.0 Å². The number of benzene rings is 2. The number of halogens is 1. The summed E-state index contributed by atoms with van der Waals surface area (Å²) in [6, 6.07) is 14.3. The quantitative estimate of drug-likeness (QED) is 0.889. The average Bonchev–Trinajstić information content (AvgIpc) is 2.45. The van der Waals surface area contributed by atoms with E-state index in [0.717, 1.165) is 22.5 Å². The Balaban J connectivity index is 2.11. The first-order valence-electron chi connectivity index (χ1n) is 6.44. The molecule has 3 nitrogen and oxygen atoms in total. The van der Waals surface area contributed by atoms with Crippen molar-refractivity contribution < 1.29 is 4.74 Å². The molecule has 0 bridgehead atoms. The molecule has 0 atom stereocenters. The molecule has 0 saturated carbocycles. The van der Waals surface area contributed by atoms with Crippen LogP contribution in [0.4, 0.5) is 11.4 Å². The van der Waals surface area contributed by atoms with Crippen LogP contribution in [0.15, 0.2) is 46.9 Å². The lowest BCUT2D eigenvalue weighted by Crippen LogP contribution is -2.12. The fraction of sp³-hybridized carbons (Fsp3) is 0.250. The SMILES string of the molecule is COc1ccc(CNc2cc(Br)ccc2N(C)C)cc1. The molecule has 2 rings (SSSR count). The number of anilines is 2. The first-order chi connectivity index (χ1) is 9.60. The molecule has 0 aliphatic rings. The highest BCUT2D eigenvalue weighted by molar-refractivity contribution is 9.10. The highest BCUT2D eigenvalue weighted by Crippen LogP contribution is 2.28. The second-order valence-corrected chi connectivity index (χ2v) is 5.67. The minimum absolute atomic E-state index is 0.779. The van der Waals surface area contributed by atoms with E-state index in [1.165, 1.54) is 11.3 Å². The molecule has 4 heteroatoms. The molecule has 0 saturated heterocycles. The van der Waals surface area contributed by atoms with Crippen molar-refractivity contribution >= 4 is 27.3 Å². The molecule has 0 heterocycles. The van der Waals surface area contributed by atoms with E-state index in [0.29, 0.717) is 0 Å². The smallest absolute Gasteiger partial charge is 0.118 e. The normalized spacial score (nSPS) is 10.2. The van der Waals surface area contributed by atoms with Crippen LogP contribution in [-0.2, 0) is 6.54 Å². The fourth-order valence-electron chi connectivity index (χ4n) is 1.98. The van der Waals surface area contributed by atoms with E-state index in [4.69, 9.17) is 4.74 Å². The lowest BCUT2D eigenvalue weighted by Gasteiger charge is -2.19. The summed E-state index contributed by atoms with van der Waals surface area (Å²) in [6.45, 7) is 0.779. The van der Waals surface area contributed by atoms with Crippen molar-refractivity contribution in [3.63, 3.8) is 0 Å². The van der Waals surface area contributed by atoms with Crippen LogP contribution in [0.1, 0.15) is 5.56 Å².